The largest absolute Gasteiger partial charge is 0.457 e. The van der Waals surface area contributed by atoms with E-state index in [4.69, 9.17) is 16.3 Å². The number of hydrogen-bond donors (Lipinski definition) is 2. The summed E-state index contributed by atoms with van der Waals surface area (Å²) in [4.78, 5) is 55.1. The fourth-order valence-electron chi connectivity index (χ4n) is 5.37. The fraction of sp³-hybridized carbons (Fsp3) is 0.122. The van der Waals surface area contributed by atoms with Crippen molar-refractivity contribution in [3.8, 4) is 11.5 Å². The summed E-state index contributed by atoms with van der Waals surface area (Å²) in [5.74, 6) is -0.0688. The molecule has 51 heavy (non-hydrogen) atoms. The van der Waals surface area contributed by atoms with E-state index in [1.54, 1.807) is 97.1 Å². The number of hydrogen-bond acceptors (Lipinski definition) is 6. The van der Waals surface area contributed by atoms with E-state index in [-0.39, 0.29) is 23.9 Å². The Kier molecular flexibility index (Phi) is 11.0. The molecule has 1 unspecified atom stereocenters. The molecule has 0 saturated carbocycles. The molecule has 4 amide bonds. The number of carbonyl (C=O) groups excluding carboxylic acids is 4. The summed E-state index contributed by atoms with van der Waals surface area (Å²) in [6.07, 6.45) is 1.66. The molecule has 8 nitrogen and oxygen atoms in total. The summed E-state index contributed by atoms with van der Waals surface area (Å²) >= 11 is 7.20. The highest BCUT2D eigenvalue weighted by atomic mass is 35.5. The van der Waals surface area contributed by atoms with Gasteiger partial charge in [0.1, 0.15) is 17.2 Å². The second-order valence-electron chi connectivity index (χ2n) is 12.1. The minimum absolute atomic E-state index is 0.0249. The van der Waals surface area contributed by atoms with Gasteiger partial charge in [0.2, 0.25) is 11.8 Å². The number of benzene rings is 5. The molecule has 1 heterocycles. The van der Waals surface area contributed by atoms with Gasteiger partial charge < -0.3 is 15.4 Å². The summed E-state index contributed by atoms with van der Waals surface area (Å²) in [5.41, 5.74) is 3.30. The highest BCUT2D eigenvalue weighted by Crippen LogP contribution is 2.36. The van der Waals surface area contributed by atoms with Crippen LogP contribution in [-0.4, -0.2) is 28.9 Å². The van der Waals surface area contributed by atoms with Gasteiger partial charge >= 0.3 is 0 Å². The van der Waals surface area contributed by atoms with Crippen molar-refractivity contribution in [3.63, 3.8) is 0 Å². The Morgan fingerprint density at radius 1 is 0.843 bits per heavy atom. The van der Waals surface area contributed by atoms with Crippen LogP contribution in [0.3, 0.4) is 0 Å². The molecule has 1 atom stereocenters. The summed E-state index contributed by atoms with van der Waals surface area (Å²) in [5, 5.41) is 5.59. The van der Waals surface area contributed by atoms with Crippen LogP contribution in [0.1, 0.15) is 47.7 Å². The smallest absolute Gasteiger partial charge is 0.272 e. The van der Waals surface area contributed by atoms with Gasteiger partial charge in [-0.15, -0.1) is 11.8 Å². The average molecular weight is 716 g/mol. The number of nitrogens with zero attached hydrogens (tertiary/aromatic N) is 1. The Labute approximate surface area is 305 Å². The van der Waals surface area contributed by atoms with Crippen LogP contribution in [-0.2, 0) is 14.4 Å². The maximum atomic E-state index is 13.6. The van der Waals surface area contributed by atoms with E-state index in [9.17, 15) is 19.2 Å². The van der Waals surface area contributed by atoms with E-state index >= 15 is 0 Å². The summed E-state index contributed by atoms with van der Waals surface area (Å²) in [7, 11) is 0. The van der Waals surface area contributed by atoms with Gasteiger partial charge in [0.15, 0.2) is 0 Å². The first-order chi connectivity index (χ1) is 24.6. The molecule has 1 aliphatic heterocycles. The first-order valence-electron chi connectivity index (χ1n) is 16.3. The van der Waals surface area contributed by atoms with Crippen molar-refractivity contribution in [2.45, 2.75) is 36.3 Å². The fourth-order valence-corrected chi connectivity index (χ4v) is 6.60. The Bertz CT molecular complexity index is 2080. The average Bonchev–Trinajstić information content (AvgIpc) is 3.41. The third-order valence-electron chi connectivity index (χ3n) is 8.06. The Hall–Kier alpha value is -5.64. The van der Waals surface area contributed by atoms with Gasteiger partial charge in [-0.25, -0.2) is 4.90 Å². The molecule has 5 aromatic rings. The van der Waals surface area contributed by atoms with E-state index in [1.165, 1.54) is 16.7 Å². The molecule has 256 valence electrons. The molecule has 1 saturated heterocycles. The molecule has 2 N–H and O–H groups in total. The molecular formula is C41H34ClN3O5S. The number of ether oxygens (including phenoxy) is 1. The summed E-state index contributed by atoms with van der Waals surface area (Å²) in [6.45, 7) is 4.21. The zero-order valence-electron chi connectivity index (χ0n) is 27.8. The van der Waals surface area contributed by atoms with Gasteiger partial charge in [0, 0.05) is 27.6 Å². The van der Waals surface area contributed by atoms with Crippen molar-refractivity contribution in [1.82, 2.24) is 5.32 Å². The quantitative estimate of drug-likeness (QED) is 0.104. The van der Waals surface area contributed by atoms with Crippen LogP contribution in [0.15, 0.2) is 138 Å². The molecule has 5 aromatic carbocycles. The second kappa shape index (κ2) is 15.9. The lowest BCUT2D eigenvalue weighted by atomic mass is 10.0. The molecule has 0 aromatic heterocycles. The summed E-state index contributed by atoms with van der Waals surface area (Å²) in [6, 6.07) is 37.2. The van der Waals surface area contributed by atoms with Gasteiger partial charge in [-0.05, 0) is 102 Å². The molecule has 0 bridgehead atoms. The number of anilines is 2. The Morgan fingerprint density at radius 2 is 1.51 bits per heavy atom. The van der Waals surface area contributed by atoms with E-state index in [0.29, 0.717) is 44.3 Å². The van der Waals surface area contributed by atoms with Crippen LogP contribution in [0.5, 0.6) is 11.5 Å². The predicted octanol–water partition coefficient (Wildman–Crippen LogP) is 9.09. The van der Waals surface area contributed by atoms with Crippen molar-refractivity contribution >= 4 is 64.4 Å². The molecule has 0 aliphatic carbocycles. The summed E-state index contributed by atoms with van der Waals surface area (Å²) < 4.78 is 5.83. The van der Waals surface area contributed by atoms with Crippen LogP contribution >= 0.6 is 23.4 Å². The van der Waals surface area contributed by atoms with E-state index in [1.807, 2.05) is 36.4 Å². The van der Waals surface area contributed by atoms with E-state index in [2.05, 4.69) is 24.5 Å². The van der Waals surface area contributed by atoms with Gasteiger partial charge in [0.25, 0.3) is 11.8 Å². The SMILES string of the molecule is CC(C)c1ccc(C=C(NC(=O)c2ccccc2)C(=O)Nc2cccc(SC3CC(=O)N(c4ccc(Oc5ccc(Cl)cc5)cc4)C3=O)c2)cc1. The Morgan fingerprint density at radius 3 is 2.18 bits per heavy atom. The van der Waals surface area contributed by atoms with Crippen LogP contribution in [0.25, 0.3) is 6.08 Å². The second-order valence-corrected chi connectivity index (χ2v) is 13.8. The standard InChI is InChI=1S/C41H34ClN3O5S/c1-26(2)28-13-11-27(12-14-28)23-36(44-39(47)29-7-4-3-5-8-29)40(48)43-31-9-6-10-35(24-31)51-37-25-38(46)45(41(37)49)32-17-21-34(22-18-32)50-33-19-15-30(42)16-20-33/h3-24,26,37H,25H2,1-2H3,(H,43,48)(H,44,47). The molecule has 10 heteroatoms. The first-order valence-corrected chi connectivity index (χ1v) is 17.5. The number of imide groups is 1. The topological polar surface area (TPSA) is 105 Å². The predicted molar refractivity (Wildman–Crippen MR) is 202 cm³/mol. The van der Waals surface area contributed by atoms with Gasteiger partial charge in [0.05, 0.1) is 10.9 Å². The Balaban J connectivity index is 1.14. The molecular weight excluding hydrogens is 682 g/mol. The third-order valence-corrected chi connectivity index (χ3v) is 9.49. The van der Waals surface area contributed by atoms with Gasteiger partial charge in [-0.1, -0.05) is 74.0 Å². The number of rotatable bonds is 11. The maximum absolute atomic E-state index is 13.6. The number of halogens is 1. The molecule has 6 rings (SSSR count). The molecule has 1 aliphatic rings. The van der Waals surface area contributed by atoms with Crippen LogP contribution in [0, 0.1) is 0 Å². The monoisotopic (exact) mass is 715 g/mol. The molecule has 0 radical (unpaired) electrons. The van der Waals surface area contributed by atoms with Gasteiger partial charge in [-0.3, -0.25) is 19.2 Å². The maximum Gasteiger partial charge on any atom is 0.272 e. The van der Waals surface area contributed by atoms with E-state index < -0.39 is 17.1 Å². The van der Waals surface area contributed by atoms with Crippen LogP contribution in [0.2, 0.25) is 5.02 Å². The normalized spacial score (nSPS) is 14.5. The van der Waals surface area contributed by atoms with E-state index in [0.717, 1.165) is 11.1 Å². The van der Waals surface area contributed by atoms with Crippen molar-refractivity contribution in [1.29, 1.82) is 0 Å². The number of carbonyl (C=O) groups is 4. The van der Waals surface area contributed by atoms with Crippen LogP contribution < -0.4 is 20.3 Å². The third kappa shape index (κ3) is 8.94. The number of thioether (sulfide) groups is 1. The minimum Gasteiger partial charge on any atom is -0.457 e. The lowest BCUT2D eigenvalue weighted by molar-refractivity contribution is -0.121. The van der Waals surface area contributed by atoms with Crippen molar-refractivity contribution in [2.24, 2.45) is 0 Å². The lowest BCUT2D eigenvalue weighted by Crippen LogP contribution is -2.31. The number of nitrogens with one attached hydrogen (secondary N) is 2. The first kappa shape index (κ1) is 35.2. The van der Waals surface area contributed by atoms with Gasteiger partial charge in [-0.2, -0.15) is 0 Å². The van der Waals surface area contributed by atoms with Crippen molar-refractivity contribution < 1.29 is 23.9 Å². The zero-order chi connectivity index (χ0) is 35.9. The zero-order valence-corrected chi connectivity index (χ0v) is 29.4. The molecule has 0 spiro atoms. The molecule has 1 fully saturated rings. The van der Waals surface area contributed by atoms with Crippen molar-refractivity contribution in [3.05, 3.63) is 155 Å². The highest BCUT2D eigenvalue weighted by Gasteiger charge is 2.40. The number of amides is 4. The minimum atomic E-state index is -0.650. The highest BCUT2D eigenvalue weighted by molar-refractivity contribution is 8.00. The van der Waals surface area contributed by atoms with Crippen LogP contribution in [0.4, 0.5) is 11.4 Å². The lowest BCUT2D eigenvalue weighted by Gasteiger charge is -2.16. The van der Waals surface area contributed by atoms with Crippen molar-refractivity contribution in [2.75, 3.05) is 10.2 Å².